The van der Waals surface area contributed by atoms with Gasteiger partial charge < -0.3 is 4.74 Å². The number of ether oxygens (including phenoxy) is 1. The average Bonchev–Trinajstić information content (AvgIpc) is 2.86. The third kappa shape index (κ3) is 1.64. The molecule has 1 aromatic heterocycles. The molecule has 1 fully saturated rings. The maximum atomic E-state index is 11.1. The Labute approximate surface area is 82.7 Å². The molecule has 0 unspecified atom stereocenters. The molecule has 76 valence electrons. The Kier molecular flexibility index (Phi) is 2.52. The van der Waals surface area contributed by atoms with Gasteiger partial charge in [0.25, 0.3) is 0 Å². The first kappa shape index (κ1) is 9.24. The largest absolute Gasteiger partial charge is 0.464 e. The van der Waals surface area contributed by atoms with E-state index in [1.165, 1.54) is 32.8 Å². The van der Waals surface area contributed by atoms with E-state index in [-0.39, 0.29) is 5.97 Å². The molecule has 1 N–H and O–H groups in total. The van der Waals surface area contributed by atoms with E-state index in [1.54, 1.807) is 0 Å². The standard InChI is InChI=1S/C10H14N2O2/c1-14-10(13)9-6-8(11-12-9)7-4-2-3-5-7/h6-7H,2-5H2,1H3,(H,11,12). The van der Waals surface area contributed by atoms with Crippen LogP contribution in [-0.4, -0.2) is 23.3 Å². The van der Waals surface area contributed by atoms with E-state index in [2.05, 4.69) is 14.9 Å². The van der Waals surface area contributed by atoms with Gasteiger partial charge in [-0.05, 0) is 18.9 Å². The van der Waals surface area contributed by atoms with Crippen LogP contribution in [0.15, 0.2) is 6.07 Å². The van der Waals surface area contributed by atoms with Gasteiger partial charge >= 0.3 is 5.97 Å². The number of esters is 1. The lowest BCUT2D eigenvalue weighted by atomic mass is 10.0. The van der Waals surface area contributed by atoms with Crippen LogP contribution in [0.5, 0.6) is 0 Å². The minimum Gasteiger partial charge on any atom is -0.464 e. The molecular weight excluding hydrogens is 180 g/mol. The molecule has 0 bridgehead atoms. The maximum Gasteiger partial charge on any atom is 0.358 e. The van der Waals surface area contributed by atoms with Crippen molar-refractivity contribution in [3.05, 3.63) is 17.5 Å². The average molecular weight is 194 g/mol. The summed E-state index contributed by atoms with van der Waals surface area (Å²) in [7, 11) is 1.37. The third-order valence-corrected chi connectivity index (χ3v) is 2.79. The number of aromatic nitrogens is 2. The second-order valence-corrected chi connectivity index (χ2v) is 3.68. The van der Waals surface area contributed by atoms with Crippen molar-refractivity contribution in [3.63, 3.8) is 0 Å². The van der Waals surface area contributed by atoms with Crippen LogP contribution < -0.4 is 0 Å². The first-order valence-corrected chi connectivity index (χ1v) is 4.95. The monoisotopic (exact) mass is 194 g/mol. The van der Waals surface area contributed by atoms with Gasteiger partial charge in [-0.3, -0.25) is 5.10 Å². The quantitative estimate of drug-likeness (QED) is 0.731. The molecule has 0 aliphatic heterocycles. The first-order valence-electron chi connectivity index (χ1n) is 4.95. The Bertz CT molecular complexity index is 327. The van der Waals surface area contributed by atoms with E-state index in [9.17, 15) is 4.79 Å². The molecule has 4 heteroatoms. The van der Waals surface area contributed by atoms with Crippen LogP contribution in [0.1, 0.15) is 47.8 Å². The predicted molar refractivity (Wildman–Crippen MR) is 51.1 cm³/mol. The summed E-state index contributed by atoms with van der Waals surface area (Å²) in [6.45, 7) is 0. The minimum absolute atomic E-state index is 0.370. The molecule has 4 nitrogen and oxygen atoms in total. The van der Waals surface area contributed by atoms with Gasteiger partial charge in [0, 0.05) is 11.6 Å². The molecule has 1 aliphatic rings. The van der Waals surface area contributed by atoms with Gasteiger partial charge in [-0.15, -0.1) is 0 Å². The van der Waals surface area contributed by atoms with E-state index < -0.39 is 0 Å². The summed E-state index contributed by atoms with van der Waals surface area (Å²) in [5.41, 5.74) is 1.46. The number of aromatic amines is 1. The van der Waals surface area contributed by atoms with Crippen molar-refractivity contribution < 1.29 is 9.53 Å². The van der Waals surface area contributed by atoms with Gasteiger partial charge in [-0.2, -0.15) is 5.10 Å². The number of carbonyl (C=O) groups is 1. The number of methoxy groups -OCH3 is 1. The zero-order chi connectivity index (χ0) is 9.97. The molecule has 0 aromatic carbocycles. The normalized spacial score (nSPS) is 17.2. The number of H-pyrrole nitrogens is 1. The summed E-state index contributed by atoms with van der Waals surface area (Å²) in [6, 6.07) is 1.81. The lowest BCUT2D eigenvalue weighted by molar-refractivity contribution is 0.0594. The predicted octanol–water partition coefficient (Wildman–Crippen LogP) is 1.85. The second-order valence-electron chi connectivity index (χ2n) is 3.68. The lowest BCUT2D eigenvalue weighted by Gasteiger charge is -2.03. The zero-order valence-corrected chi connectivity index (χ0v) is 8.25. The molecule has 1 saturated carbocycles. The van der Waals surface area contributed by atoms with Crippen molar-refractivity contribution in [1.29, 1.82) is 0 Å². The Hall–Kier alpha value is -1.32. The van der Waals surface area contributed by atoms with Crippen LogP contribution in [0.3, 0.4) is 0 Å². The fraction of sp³-hybridized carbons (Fsp3) is 0.600. The maximum absolute atomic E-state index is 11.1. The summed E-state index contributed by atoms with van der Waals surface area (Å²) < 4.78 is 4.59. The van der Waals surface area contributed by atoms with Crippen molar-refractivity contribution in [2.24, 2.45) is 0 Å². The molecular formula is C10H14N2O2. The van der Waals surface area contributed by atoms with Crippen LogP contribution in [0.4, 0.5) is 0 Å². The van der Waals surface area contributed by atoms with Crippen LogP contribution in [0.25, 0.3) is 0 Å². The fourth-order valence-corrected chi connectivity index (χ4v) is 1.99. The van der Waals surface area contributed by atoms with Crippen molar-refractivity contribution in [1.82, 2.24) is 10.2 Å². The molecule has 1 aromatic rings. The van der Waals surface area contributed by atoms with Crippen LogP contribution in [-0.2, 0) is 4.74 Å². The molecule has 2 rings (SSSR count). The van der Waals surface area contributed by atoms with Gasteiger partial charge in [0.2, 0.25) is 0 Å². The van der Waals surface area contributed by atoms with Crippen molar-refractivity contribution in [3.8, 4) is 0 Å². The number of nitrogens with one attached hydrogen (secondary N) is 1. The van der Waals surface area contributed by atoms with Crippen LogP contribution >= 0.6 is 0 Å². The van der Waals surface area contributed by atoms with Crippen molar-refractivity contribution in [2.75, 3.05) is 7.11 Å². The number of nitrogens with zero attached hydrogens (tertiary/aromatic N) is 1. The fourth-order valence-electron chi connectivity index (χ4n) is 1.99. The zero-order valence-electron chi connectivity index (χ0n) is 8.25. The summed E-state index contributed by atoms with van der Waals surface area (Å²) >= 11 is 0. The van der Waals surface area contributed by atoms with E-state index in [1.807, 2.05) is 6.07 Å². The van der Waals surface area contributed by atoms with Gasteiger partial charge in [-0.1, -0.05) is 12.8 Å². The highest BCUT2D eigenvalue weighted by Crippen LogP contribution is 2.33. The highest BCUT2D eigenvalue weighted by molar-refractivity contribution is 5.87. The van der Waals surface area contributed by atoms with Gasteiger partial charge in [0.15, 0.2) is 5.69 Å². The molecule has 0 spiro atoms. The summed E-state index contributed by atoms with van der Waals surface area (Å²) in [4.78, 5) is 11.1. The van der Waals surface area contributed by atoms with Crippen LogP contribution in [0.2, 0.25) is 0 Å². The number of hydrogen-bond acceptors (Lipinski definition) is 3. The number of carbonyl (C=O) groups excluding carboxylic acids is 1. The van der Waals surface area contributed by atoms with E-state index in [0.717, 1.165) is 5.69 Å². The highest BCUT2D eigenvalue weighted by Gasteiger charge is 2.20. The molecule has 0 atom stereocenters. The Morgan fingerprint density at radius 3 is 2.93 bits per heavy atom. The smallest absolute Gasteiger partial charge is 0.358 e. The highest BCUT2D eigenvalue weighted by atomic mass is 16.5. The Morgan fingerprint density at radius 2 is 2.29 bits per heavy atom. The molecule has 0 amide bonds. The van der Waals surface area contributed by atoms with Crippen LogP contribution in [0, 0.1) is 0 Å². The Morgan fingerprint density at radius 1 is 1.57 bits per heavy atom. The van der Waals surface area contributed by atoms with E-state index in [4.69, 9.17) is 0 Å². The number of hydrogen-bond donors (Lipinski definition) is 1. The van der Waals surface area contributed by atoms with Gasteiger partial charge in [-0.25, -0.2) is 4.79 Å². The summed E-state index contributed by atoms with van der Waals surface area (Å²) in [5, 5.41) is 6.84. The third-order valence-electron chi connectivity index (χ3n) is 2.79. The van der Waals surface area contributed by atoms with Crippen molar-refractivity contribution >= 4 is 5.97 Å². The van der Waals surface area contributed by atoms with Gasteiger partial charge in [0.1, 0.15) is 0 Å². The number of rotatable bonds is 2. The summed E-state index contributed by atoms with van der Waals surface area (Å²) in [6.07, 6.45) is 4.94. The van der Waals surface area contributed by atoms with E-state index in [0.29, 0.717) is 11.6 Å². The topological polar surface area (TPSA) is 55.0 Å². The Balaban J connectivity index is 2.12. The molecule has 0 radical (unpaired) electrons. The SMILES string of the molecule is COC(=O)c1cc(C2CCCC2)[nH]n1. The molecule has 1 aliphatic carbocycles. The van der Waals surface area contributed by atoms with E-state index >= 15 is 0 Å². The van der Waals surface area contributed by atoms with Crippen molar-refractivity contribution in [2.45, 2.75) is 31.6 Å². The first-order chi connectivity index (χ1) is 6.81. The molecule has 0 saturated heterocycles. The van der Waals surface area contributed by atoms with Gasteiger partial charge in [0.05, 0.1) is 7.11 Å². The minimum atomic E-state index is -0.370. The summed E-state index contributed by atoms with van der Waals surface area (Å²) in [5.74, 6) is 0.186. The molecule has 1 heterocycles. The lowest BCUT2D eigenvalue weighted by Crippen LogP contribution is -2.00. The molecule has 14 heavy (non-hydrogen) atoms. The second kappa shape index (κ2) is 3.82.